The third-order valence-electron chi connectivity index (χ3n) is 9.75. The molecule has 0 spiro atoms. The number of fused-ring (bicyclic) bond motifs is 10. The second-order valence-corrected chi connectivity index (χ2v) is 12.3. The maximum atomic E-state index is 5.40. The van der Waals surface area contributed by atoms with Crippen molar-refractivity contribution in [1.29, 1.82) is 0 Å². The second-order valence-electron chi connectivity index (χ2n) is 12.3. The van der Waals surface area contributed by atoms with Crippen LogP contribution in [0.1, 0.15) is 0 Å². The minimum absolute atomic E-state index is 1.01. The van der Waals surface area contributed by atoms with Crippen LogP contribution >= 0.6 is 0 Å². The summed E-state index contributed by atoms with van der Waals surface area (Å²) in [5.41, 5.74) is 9.10. The summed E-state index contributed by atoms with van der Waals surface area (Å²) in [7, 11) is 0. The molecule has 0 amide bonds. The van der Waals surface area contributed by atoms with Crippen molar-refractivity contribution in [3.63, 3.8) is 0 Å². The number of benzene rings is 8. The van der Waals surface area contributed by atoms with E-state index >= 15 is 0 Å². The van der Waals surface area contributed by atoms with Crippen molar-refractivity contribution in [3.8, 4) is 28.1 Å². The highest BCUT2D eigenvalue weighted by Gasteiger charge is 2.20. The molecule has 0 fully saturated rings. The van der Waals surface area contributed by atoms with E-state index in [9.17, 15) is 0 Å². The molecule has 2 nitrogen and oxygen atoms in total. The normalized spacial score (nSPS) is 11.8. The van der Waals surface area contributed by atoms with Crippen LogP contribution in [0.25, 0.3) is 93.1 Å². The van der Waals surface area contributed by atoms with Gasteiger partial charge in [0.15, 0.2) is 0 Å². The molecule has 8 aromatic carbocycles. The summed E-state index contributed by atoms with van der Waals surface area (Å²) >= 11 is 0. The average molecular weight is 597 g/mol. The number of hydrogen-bond donors (Lipinski definition) is 0. The van der Waals surface area contributed by atoms with Crippen molar-refractivity contribution < 1.29 is 0 Å². The first-order chi connectivity index (χ1) is 23.3. The molecule has 218 valence electrons. The maximum Gasteiger partial charge on any atom is 0.0795 e. The Hall–Kier alpha value is -6.25. The lowest BCUT2D eigenvalue weighted by molar-refractivity contribution is 1.18. The zero-order valence-electron chi connectivity index (χ0n) is 25.6. The fourth-order valence-electron chi connectivity index (χ4n) is 7.67. The van der Waals surface area contributed by atoms with E-state index in [1.165, 1.54) is 70.6 Å². The van der Waals surface area contributed by atoms with E-state index in [1.54, 1.807) is 0 Å². The van der Waals surface area contributed by atoms with E-state index in [0.717, 1.165) is 22.5 Å². The van der Waals surface area contributed by atoms with Gasteiger partial charge in [-0.15, -0.1) is 0 Å². The number of hydrogen-bond acceptors (Lipinski definition) is 1. The van der Waals surface area contributed by atoms with Crippen LogP contribution in [0.15, 0.2) is 170 Å². The van der Waals surface area contributed by atoms with Crippen LogP contribution < -0.4 is 0 Å². The molecule has 0 unspecified atom stereocenters. The SMILES string of the molecule is c1ccc(-n2c3ccccc3c3c4c(-c5ccc(-c6cc7ccccc7c7ccccc67)cc5)nc5ccccc5c4ccc32)cc1. The van der Waals surface area contributed by atoms with Crippen LogP contribution in [0.3, 0.4) is 0 Å². The van der Waals surface area contributed by atoms with Crippen LogP contribution in [0.2, 0.25) is 0 Å². The Bertz CT molecular complexity index is 2830. The van der Waals surface area contributed by atoms with Crippen LogP contribution in [-0.2, 0) is 0 Å². The Morgan fingerprint density at radius 2 is 1.02 bits per heavy atom. The van der Waals surface area contributed by atoms with Crippen molar-refractivity contribution in [2.45, 2.75) is 0 Å². The number of aromatic nitrogens is 2. The first-order valence-corrected chi connectivity index (χ1v) is 16.1. The van der Waals surface area contributed by atoms with Gasteiger partial charge in [-0.3, -0.25) is 0 Å². The lowest BCUT2D eigenvalue weighted by Gasteiger charge is -2.14. The van der Waals surface area contributed by atoms with Gasteiger partial charge in [-0.05, 0) is 74.5 Å². The summed E-state index contributed by atoms with van der Waals surface area (Å²) in [5, 5.41) is 11.1. The molecule has 0 bridgehead atoms. The van der Waals surface area contributed by atoms with Gasteiger partial charge in [0.2, 0.25) is 0 Å². The molecule has 2 heteroatoms. The smallest absolute Gasteiger partial charge is 0.0795 e. The zero-order valence-corrected chi connectivity index (χ0v) is 25.6. The van der Waals surface area contributed by atoms with Crippen molar-refractivity contribution in [2.75, 3.05) is 0 Å². The second kappa shape index (κ2) is 10.1. The molecule has 2 heterocycles. The molecule has 47 heavy (non-hydrogen) atoms. The van der Waals surface area contributed by atoms with E-state index in [0.29, 0.717) is 0 Å². The van der Waals surface area contributed by atoms with Gasteiger partial charge < -0.3 is 4.57 Å². The standard InChI is InChI=1S/C45H28N2/c1-2-13-32(14-3-1)47-41-21-11-9-19-38(41)43-42(47)27-26-37-36-18-8-10-20-40(36)46-45(44(37)43)30-24-22-29(23-25-30)39-28-31-12-4-5-15-33(31)34-16-6-7-17-35(34)39/h1-28H. The van der Waals surface area contributed by atoms with E-state index in [4.69, 9.17) is 4.98 Å². The van der Waals surface area contributed by atoms with Crippen molar-refractivity contribution >= 4 is 65.0 Å². The summed E-state index contributed by atoms with van der Waals surface area (Å²) in [6.07, 6.45) is 0. The third kappa shape index (κ3) is 3.89. The predicted molar refractivity (Wildman–Crippen MR) is 199 cm³/mol. The van der Waals surface area contributed by atoms with Gasteiger partial charge >= 0.3 is 0 Å². The summed E-state index contributed by atoms with van der Waals surface area (Å²) in [4.78, 5) is 5.40. The molecule has 0 N–H and O–H groups in total. The monoisotopic (exact) mass is 596 g/mol. The highest BCUT2D eigenvalue weighted by atomic mass is 15.0. The quantitative estimate of drug-likeness (QED) is 0.186. The minimum Gasteiger partial charge on any atom is -0.309 e. The lowest BCUT2D eigenvalue weighted by atomic mass is 9.92. The van der Waals surface area contributed by atoms with Gasteiger partial charge in [0.1, 0.15) is 0 Å². The molecule has 0 aliphatic heterocycles. The Morgan fingerprint density at radius 1 is 0.383 bits per heavy atom. The van der Waals surface area contributed by atoms with Crippen LogP contribution in [0.4, 0.5) is 0 Å². The predicted octanol–water partition coefficient (Wildman–Crippen LogP) is 12.1. The van der Waals surface area contributed by atoms with Gasteiger partial charge in [-0.25, -0.2) is 4.98 Å². The Balaban J connectivity index is 1.26. The fraction of sp³-hybridized carbons (Fsp3) is 0. The molecular formula is C45H28N2. The number of nitrogens with zero attached hydrogens (tertiary/aromatic N) is 2. The Morgan fingerprint density at radius 3 is 1.85 bits per heavy atom. The molecule has 10 rings (SSSR count). The molecule has 0 aliphatic rings. The number of para-hydroxylation sites is 3. The summed E-state index contributed by atoms with van der Waals surface area (Å²) < 4.78 is 2.39. The summed E-state index contributed by atoms with van der Waals surface area (Å²) in [6.45, 7) is 0. The maximum absolute atomic E-state index is 5.40. The van der Waals surface area contributed by atoms with Gasteiger partial charge in [0.25, 0.3) is 0 Å². The highest BCUT2D eigenvalue weighted by Crippen LogP contribution is 2.43. The molecule has 0 saturated heterocycles. The first-order valence-electron chi connectivity index (χ1n) is 16.1. The van der Waals surface area contributed by atoms with Gasteiger partial charge in [-0.1, -0.05) is 133 Å². The van der Waals surface area contributed by atoms with E-state index in [1.807, 2.05) is 0 Å². The van der Waals surface area contributed by atoms with Crippen LogP contribution in [0.5, 0.6) is 0 Å². The van der Waals surface area contributed by atoms with E-state index < -0.39 is 0 Å². The van der Waals surface area contributed by atoms with E-state index in [-0.39, 0.29) is 0 Å². The summed E-state index contributed by atoms with van der Waals surface area (Å²) in [6, 6.07) is 61.3. The minimum atomic E-state index is 1.01. The lowest BCUT2D eigenvalue weighted by Crippen LogP contribution is -1.94. The molecule has 0 atom stereocenters. The van der Waals surface area contributed by atoms with Crippen LogP contribution in [-0.4, -0.2) is 9.55 Å². The van der Waals surface area contributed by atoms with Crippen molar-refractivity contribution in [2.24, 2.45) is 0 Å². The Kier molecular flexibility index (Phi) is 5.61. The van der Waals surface area contributed by atoms with Crippen molar-refractivity contribution in [3.05, 3.63) is 170 Å². The molecule has 10 aromatic rings. The number of rotatable bonds is 3. The van der Waals surface area contributed by atoms with Gasteiger partial charge in [0.05, 0.1) is 22.2 Å². The Labute approximate surface area is 271 Å². The third-order valence-corrected chi connectivity index (χ3v) is 9.75. The topological polar surface area (TPSA) is 17.8 Å². The van der Waals surface area contributed by atoms with Gasteiger partial charge in [-0.2, -0.15) is 0 Å². The number of pyridine rings is 1. The molecular weight excluding hydrogens is 569 g/mol. The molecule has 0 aliphatic carbocycles. The average Bonchev–Trinajstić information content (AvgIpc) is 3.49. The highest BCUT2D eigenvalue weighted by molar-refractivity contribution is 6.28. The largest absolute Gasteiger partial charge is 0.309 e. The van der Waals surface area contributed by atoms with Crippen molar-refractivity contribution in [1.82, 2.24) is 9.55 Å². The molecule has 0 saturated carbocycles. The fourth-order valence-corrected chi connectivity index (χ4v) is 7.67. The molecule has 0 radical (unpaired) electrons. The molecule has 2 aromatic heterocycles. The summed E-state index contributed by atoms with van der Waals surface area (Å²) in [5.74, 6) is 0. The van der Waals surface area contributed by atoms with Crippen LogP contribution in [0, 0.1) is 0 Å². The van der Waals surface area contributed by atoms with Gasteiger partial charge in [0, 0.05) is 32.8 Å². The zero-order chi connectivity index (χ0) is 30.9. The first kappa shape index (κ1) is 26.0. The van der Waals surface area contributed by atoms with E-state index in [2.05, 4.69) is 174 Å².